The average Bonchev–Trinajstić information content (AvgIpc) is 2.95. The number of hydrogen-bond acceptors (Lipinski definition) is 1. The van der Waals surface area contributed by atoms with Crippen molar-refractivity contribution in [2.45, 2.75) is 19.3 Å². The summed E-state index contributed by atoms with van der Waals surface area (Å²) in [7, 11) is 2.02. The molecular weight excluding hydrogens is 252 g/mol. The first-order valence-corrected chi connectivity index (χ1v) is 6.14. The Hall–Kier alpha value is -0.830. The molecule has 0 amide bonds. The minimum atomic E-state index is 0.891. The fraction of sp³-hybridized carbons (Fsp3) is 0.417. The Morgan fingerprint density at radius 2 is 2.27 bits per heavy atom. The normalized spacial score (nSPS) is 16.1. The molecule has 0 N–H and O–H groups in total. The highest BCUT2D eigenvalue weighted by Gasteiger charge is 2.24. The van der Waals surface area contributed by atoms with Gasteiger partial charge in [0.1, 0.15) is 0 Å². The molecule has 0 atom stereocenters. The van der Waals surface area contributed by atoms with Crippen LogP contribution in [0, 0.1) is 5.92 Å². The molecule has 0 spiro atoms. The van der Waals surface area contributed by atoms with Crippen LogP contribution in [0.4, 0.5) is 0 Å². The molecule has 1 aromatic carbocycles. The molecule has 1 aliphatic rings. The summed E-state index contributed by atoms with van der Waals surface area (Å²) in [5.74, 6) is 0.891. The van der Waals surface area contributed by atoms with Gasteiger partial charge in [0.2, 0.25) is 0 Å². The van der Waals surface area contributed by atoms with Crippen LogP contribution in [0.3, 0.4) is 0 Å². The second-order valence-corrected chi connectivity index (χ2v) is 5.29. The molecule has 78 valence electrons. The van der Waals surface area contributed by atoms with E-state index < -0.39 is 0 Å². The maximum atomic E-state index is 4.61. The molecule has 15 heavy (non-hydrogen) atoms. The third kappa shape index (κ3) is 1.69. The molecule has 3 heteroatoms. The maximum Gasteiger partial charge on any atom is 0.0706 e. The SMILES string of the molecule is Cn1nc(CC2CC2)c2cc(Br)ccc21. The number of aryl methyl sites for hydroxylation is 1. The monoisotopic (exact) mass is 264 g/mol. The smallest absolute Gasteiger partial charge is 0.0706 e. The zero-order chi connectivity index (χ0) is 10.4. The van der Waals surface area contributed by atoms with Crippen LogP contribution in [0.15, 0.2) is 22.7 Å². The van der Waals surface area contributed by atoms with Gasteiger partial charge in [-0.3, -0.25) is 4.68 Å². The summed E-state index contributed by atoms with van der Waals surface area (Å²) in [6, 6.07) is 6.38. The van der Waals surface area contributed by atoms with Gasteiger partial charge in [-0.1, -0.05) is 15.9 Å². The van der Waals surface area contributed by atoms with Crippen molar-refractivity contribution in [1.29, 1.82) is 0 Å². The number of halogens is 1. The Kier molecular flexibility index (Phi) is 2.09. The van der Waals surface area contributed by atoms with Crippen LogP contribution >= 0.6 is 15.9 Å². The van der Waals surface area contributed by atoms with Crippen LogP contribution in [0.5, 0.6) is 0 Å². The number of nitrogens with zero attached hydrogens (tertiary/aromatic N) is 2. The van der Waals surface area contributed by atoms with Gasteiger partial charge in [-0.2, -0.15) is 5.10 Å². The van der Waals surface area contributed by atoms with Crippen molar-refractivity contribution in [3.63, 3.8) is 0 Å². The number of fused-ring (bicyclic) bond motifs is 1. The number of aromatic nitrogens is 2. The quantitative estimate of drug-likeness (QED) is 0.814. The summed E-state index contributed by atoms with van der Waals surface area (Å²) in [5.41, 5.74) is 2.49. The lowest BCUT2D eigenvalue weighted by atomic mass is 10.1. The third-order valence-corrected chi connectivity index (χ3v) is 3.56. The molecule has 3 rings (SSSR count). The molecule has 2 aromatic rings. The Bertz CT molecular complexity index is 512. The van der Waals surface area contributed by atoms with E-state index in [9.17, 15) is 0 Å². The van der Waals surface area contributed by atoms with Gasteiger partial charge in [-0.05, 0) is 43.4 Å². The second-order valence-electron chi connectivity index (χ2n) is 4.38. The van der Waals surface area contributed by atoms with Crippen molar-refractivity contribution < 1.29 is 0 Å². The van der Waals surface area contributed by atoms with E-state index in [1.165, 1.54) is 29.4 Å². The molecule has 0 radical (unpaired) electrons. The third-order valence-electron chi connectivity index (χ3n) is 3.07. The van der Waals surface area contributed by atoms with Crippen molar-refractivity contribution in [1.82, 2.24) is 9.78 Å². The fourth-order valence-electron chi connectivity index (χ4n) is 2.06. The van der Waals surface area contributed by atoms with Crippen molar-refractivity contribution in [3.8, 4) is 0 Å². The summed E-state index contributed by atoms with van der Waals surface area (Å²) < 4.78 is 3.12. The zero-order valence-electron chi connectivity index (χ0n) is 8.70. The lowest BCUT2D eigenvalue weighted by molar-refractivity contribution is 0.731. The van der Waals surface area contributed by atoms with E-state index in [4.69, 9.17) is 0 Å². The molecule has 0 saturated heterocycles. The molecule has 1 aliphatic carbocycles. The lowest BCUT2D eigenvalue weighted by Crippen LogP contribution is -1.92. The van der Waals surface area contributed by atoms with E-state index in [1.807, 2.05) is 11.7 Å². The molecule has 2 nitrogen and oxygen atoms in total. The Morgan fingerprint density at radius 3 is 3.00 bits per heavy atom. The first-order chi connectivity index (χ1) is 7.24. The van der Waals surface area contributed by atoms with Crippen LogP contribution in [0.25, 0.3) is 10.9 Å². The summed E-state index contributed by atoms with van der Waals surface area (Å²) in [6.07, 6.45) is 3.91. The first kappa shape index (κ1) is 9.40. The minimum absolute atomic E-state index is 0.891. The summed E-state index contributed by atoms with van der Waals surface area (Å²) in [4.78, 5) is 0. The van der Waals surface area contributed by atoms with Crippen molar-refractivity contribution in [2.24, 2.45) is 13.0 Å². The van der Waals surface area contributed by atoms with Crippen LogP contribution in [-0.4, -0.2) is 9.78 Å². The fourth-order valence-corrected chi connectivity index (χ4v) is 2.42. The highest BCUT2D eigenvalue weighted by atomic mass is 79.9. The summed E-state index contributed by atoms with van der Waals surface area (Å²) in [5, 5.41) is 5.91. The van der Waals surface area contributed by atoms with E-state index in [0.717, 1.165) is 16.8 Å². The standard InChI is InChI=1S/C12H13BrN2/c1-15-12-5-4-9(13)7-10(12)11(14-15)6-8-2-3-8/h4-5,7-8H,2-3,6H2,1H3. The molecule has 0 unspecified atom stereocenters. The Morgan fingerprint density at radius 1 is 1.47 bits per heavy atom. The van der Waals surface area contributed by atoms with E-state index in [2.05, 4.69) is 39.2 Å². The van der Waals surface area contributed by atoms with Gasteiger partial charge >= 0.3 is 0 Å². The Balaban J connectivity index is 2.14. The van der Waals surface area contributed by atoms with Crippen LogP contribution in [0.1, 0.15) is 18.5 Å². The zero-order valence-corrected chi connectivity index (χ0v) is 10.3. The first-order valence-electron chi connectivity index (χ1n) is 5.35. The van der Waals surface area contributed by atoms with Gasteiger partial charge in [0, 0.05) is 16.9 Å². The molecule has 0 bridgehead atoms. The summed E-state index contributed by atoms with van der Waals surface area (Å²) in [6.45, 7) is 0. The minimum Gasteiger partial charge on any atom is -0.268 e. The van der Waals surface area contributed by atoms with E-state index in [0.29, 0.717) is 0 Å². The van der Waals surface area contributed by atoms with Gasteiger partial charge in [0.15, 0.2) is 0 Å². The van der Waals surface area contributed by atoms with Gasteiger partial charge in [-0.15, -0.1) is 0 Å². The van der Waals surface area contributed by atoms with Crippen LogP contribution in [-0.2, 0) is 13.5 Å². The highest BCUT2D eigenvalue weighted by Crippen LogP contribution is 2.34. The molecular formula is C12H13BrN2. The van der Waals surface area contributed by atoms with Gasteiger partial charge in [-0.25, -0.2) is 0 Å². The number of hydrogen-bond donors (Lipinski definition) is 0. The van der Waals surface area contributed by atoms with Crippen LogP contribution in [0.2, 0.25) is 0 Å². The molecule has 1 aromatic heterocycles. The lowest BCUT2D eigenvalue weighted by Gasteiger charge is -1.95. The topological polar surface area (TPSA) is 17.8 Å². The van der Waals surface area contributed by atoms with Crippen molar-refractivity contribution in [3.05, 3.63) is 28.4 Å². The maximum absolute atomic E-state index is 4.61. The average molecular weight is 265 g/mol. The van der Waals surface area contributed by atoms with Gasteiger partial charge < -0.3 is 0 Å². The predicted octanol–water partition coefficient (Wildman–Crippen LogP) is 3.29. The summed E-state index contributed by atoms with van der Waals surface area (Å²) >= 11 is 3.52. The van der Waals surface area contributed by atoms with Gasteiger partial charge in [0.05, 0.1) is 11.2 Å². The predicted molar refractivity (Wildman–Crippen MR) is 64.8 cm³/mol. The van der Waals surface area contributed by atoms with Gasteiger partial charge in [0.25, 0.3) is 0 Å². The molecule has 1 heterocycles. The largest absolute Gasteiger partial charge is 0.268 e. The molecule has 0 aliphatic heterocycles. The van der Waals surface area contributed by atoms with Crippen LogP contribution < -0.4 is 0 Å². The van der Waals surface area contributed by atoms with E-state index >= 15 is 0 Å². The van der Waals surface area contributed by atoms with E-state index in [1.54, 1.807) is 0 Å². The molecule has 1 saturated carbocycles. The Labute approximate surface area is 97.4 Å². The highest BCUT2D eigenvalue weighted by molar-refractivity contribution is 9.10. The van der Waals surface area contributed by atoms with Crippen molar-refractivity contribution in [2.75, 3.05) is 0 Å². The van der Waals surface area contributed by atoms with Crippen molar-refractivity contribution >= 4 is 26.8 Å². The second kappa shape index (κ2) is 3.34. The molecule has 1 fully saturated rings. The van der Waals surface area contributed by atoms with E-state index in [-0.39, 0.29) is 0 Å². The number of benzene rings is 1. The number of rotatable bonds is 2.